The molecule has 1 aromatic rings. The molecule has 0 unspecified atom stereocenters. The van der Waals surface area contributed by atoms with Crippen LogP contribution < -0.4 is 15.0 Å². The van der Waals surface area contributed by atoms with Gasteiger partial charge in [0.1, 0.15) is 5.69 Å². The van der Waals surface area contributed by atoms with E-state index >= 15 is 0 Å². The summed E-state index contributed by atoms with van der Waals surface area (Å²) in [4.78, 5) is 18.8. The molecule has 122 valence electrons. The summed E-state index contributed by atoms with van der Waals surface area (Å²) in [5, 5.41) is 3.02. The number of rotatable bonds is 4. The minimum absolute atomic E-state index is 0.0831. The van der Waals surface area contributed by atoms with Crippen LogP contribution in [0.4, 0.5) is 5.69 Å². The second kappa shape index (κ2) is 7.31. The van der Waals surface area contributed by atoms with E-state index < -0.39 is 0 Å². The summed E-state index contributed by atoms with van der Waals surface area (Å²) in [7, 11) is 1.63. The Morgan fingerprint density at radius 3 is 2.86 bits per heavy atom. The average Bonchev–Trinajstić information content (AvgIpc) is 2.46. The Labute approximate surface area is 140 Å². The molecule has 2 heterocycles. The van der Waals surface area contributed by atoms with Gasteiger partial charge in [-0.2, -0.15) is 0 Å². The third-order valence-electron chi connectivity index (χ3n) is 3.98. The summed E-state index contributed by atoms with van der Waals surface area (Å²) in [6.45, 7) is 6.96. The molecule has 22 heavy (non-hydrogen) atoms. The summed E-state index contributed by atoms with van der Waals surface area (Å²) >= 11 is 3.47. The van der Waals surface area contributed by atoms with Crippen LogP contribution in [0.25, 0.3) is 0 Å². The standard InChI is InChI=1S/C16H24BrN3O2/c1-10(2)19-15(21)12-5-6-20(11(3)7-12)14-8-13(17)9-18-16(14)22-4/h8-12H,5-7H2,1-4H3,(H,19,21)/t11-,12-/m0/s1. The minimum Gasteiger partial charge on any atom is -0.480 e. The van der Waals surface area contributed by atoms with Crippen LogP contribution in [-0.4, -0.2) is 36.6 Å². The van der Waals surface area contributed by atoms with Crippen molar-refractivity contribution >= 4 is 27.5 Å². The first-order valence-electron chi connectivity index (χ1n) is 7.69. The number of piperidine rings is 1. The first kappa shape index (κ1) is 17.1. The van der Waals surface area contributed by atoms with Crippen LogP contribution in [0.2, 0.25) is 0 Å². The summed E-state index contributed by atoms with van der Waals surface area (Å²) in [5.74, 6) is 0.876. The van der Waals surface area contributed by atoms with E-state index in [2.05, 4.69) is 38.1 Å². The van der Waals surface area contributed by atoms with Gasteiger partial charge in [0.25, 0.3) is 0 Å². The number of aromatic nitrogens is 1. The number of hydrogen-bond acceptors (Lipinski definition) is 4. The normalized spacial score (nSPS) is 21.8. The minimum atomic E-state index is 0.0831. The van der Waals surface area contributed by atoms with E-state index in [9.17, 15) is 4.79 Å². The first-order valence-corrected chi connectivity index (χ1v) is 8.48. The fraction of sp³-hybridized carbons (Fsp3) is 0.625. The van der Waals surface area contributed by atoms with Gasteiger partial charge in [-0.25, -0.2) is 4.98 Å². The van der Waals surface area contributed by atoms with E-state index in [1.165, 1.54) is 0 Å². The lowest BCUT2D eigenvalue weighted by Crippen LogP contribution is -2.46. The second-order valence-corrected chi connectivity index (χ2v) is 7.02. The highest BCUT2D eigenvalue weighted by molar-refractivity contribution is 9.10. The summed E-state index contributed by atoms with van der Waals surface area (Å²) in [5.41, 5.74) is 0.979. The third-order valence-corrected chi connectivity index (χ3v) is 4.41. The highest BCUT2D eigenvalue weighted by Gasteiger charge is 2.31. The fourth-order valence-corrected chi connectivity index (χ4v) is 3.27. The molecular weight excluding hydrogens is 346 g/mol. The quantitative estimate of drug-likeness (QED) is 0.886. The summed E-state index contributed by atoms with van der Waals surface area (Å²) in [6, 6.07) is 2.48. The molecule has 6 heteroatoms. The molecule has 0 radical (unpaired) electrons. The molecule has 5 nitrogen and oxygen atoms in total. The van der Waals surface area contributed by atoms with Crippen molar-refractivity contribution in [2.24, 2.45) is 5.92 Å². The molecule has 1 saturated heterocycles. The smallest absolute Gasteiger partial charge is 0.237 e. The monoisotopic (exact) mass is 369 g/mol. The van der Waals surface area contributed by atoms with Crippen molar-refractivity contribution in [2.75, 3.05) is 18.6 Å². The Bertz CT molecular complexity index is 536. The van der Waals surface area contributed by atoms with Gasteiger partial charge >= 0.3 is 0 Å². The van der Waals surface area contributed by atoms with Gasteiger partial charge in [0.15, 0.2) is 0 Å². The van der Waals surface area contributed by atoms with Crippen molar-refractivity contribution < 1.29 is 9.53 Å². The maximum absolute atomic E-state index is 12.2. The van der Waals surface area contributed by atoms with E-state index in [0.29, 0.717) is 5.88 Å². The predicted molar refractivity (Wildman–Crippen MR) is 91.3 cm³/mol. The fourth-order valence-electron chi connectivity index (χ4n) is 2.95. The van der Waals surface area contributed by atoms with Gasteiger partial charge in [-0.1, -0.05) is 0 Å². The topological polar surface area (TPSA) is 54.5 Å². The summed E-state index contributed by atoms with van der Waals surface area (Å²) < 4.78 is 6.30. The van der Waals surface area contributed by atoms with Gasteiger partial charge in [0.05, 0.1) is 7.11 Å². The molecule has 1 amide bonds. The number of nitrogens with zero attached hydrogens (tertiary/aromatic N) is 2. The molecule has 0 saturated carbocycles. The lowest BCUT2D eigenvalue weighted by molar-refractivity contribution is -0.126. The average molecular weight is 370 g/mol. The maximum atomic E-state index is 12.2. The Kier molecular flexibility index (Phi) is 5.67. The summed E-state index contributed by atoms with van der Waals surface area (Å²) in [6.07, 6.45) is 3.42. The predicted octanol–water partition coefficient (Wildman–Crippen LogP) is 2.98. The van der Waals surface area contributed by atoms with Crippen LogP contribution in [-0.2, 0) is 4.79 Å². The van der Waals surface area contributed by atoms with Gasteiger partial charge in [-0.05, 0) is 55.6 Å². The number of carbonyl (C=O) groups excluding carboxylic acids is 1. The highest BCUT2D eigenvalue weighted by atomic mass is 79.9. The maximum Gasteiger partial charge on any atom is 0.237 e. The number of halogens is 1. The van der Waals surface area contributed by atoms with E-state index in [1.54, 1.807) is 13.3 Å². The molecule has 0 aromatic carbocycles. The SMILES string of the molecule is COc1ncc(Br)cc1N1CC[C@H](C(=O)NC(C)C)C[C@@H]1C. The van der Waals surface area contributed by atoms with Gasteiger partial charge in [0, 0.05) is 35.2 Å². The lowest BCUT2D eigenvalue weighted by atomic mass is 9.90. The Morgan fingerprint density at radius 1 is 1.55 bits per heavy atom. The zero-order valence-electron chi connectivity index (χ0n) is 13.6. The number of amides is 1. The van der Waals surface area contributed by atoms with Crippen molar-refractivity contribution in [3.8, 4) is 5.88 Å². The number of ether oxygens (including phenoxy) is 1. The molecule has 1 aliphatic heterocycles. The highest BCUT2D eigenvalue weighted by Crippen LogP contribution is 2.34. The molecule has 0 spiro atoms. The van der Waals surface area contributed by atoms with Crippen molar-refractivity contribution in [2.45, 2.75) is 45.7 Å². The largest absolute Gasteiger partial charge is 0.480 e. The molecule has 1 aliphatic rings. The lowest BCUT2D eigenvalue weighted by Gasteiger charge is -2.39. The molecule has 2 rings (SSSR count). The molecule has 0 bridgehead atoms. The van der Waals surface area contributed by atoms with Crippen molar-refractivity contribution in [1.29, 1.82) is 0 Å². The van der Waals surface area contributed by atoms with Crippen LogP contribution in [0.1, 0.15) is 33.6 Å². The molecular formula is C16H24BrN3O2. The number of nitrogens with one attached hydrogen (secondary N) is 1. The van der Waals surface area contributed by atoms with E-state index in [0.717, 1.165) is 29.5 Å². The number of carbonyl (C=O) groups is 1. The second-order valence-electron chi connectivity index (χ2n) is 6.11. The van der Waals surface area contributed by atoms with Gasteiger partial charge in [-0.3, -0.25) is 4.79 Å². The van der Waals surface area contributed by atoms with Gasteiger partial charge in [-0.15, -0.1) is 0 Å². The molecule has 0 aliphatic carbocycles. The number of hydrogen-bond donors (Lipinski definition) is 1. The Balaban J connectivity index is 2.11. The van der Waals surface area contributed by atoms with Crippen molar-refractivity contribution in [3.63, 3.8) is 0 Å². The Hall–Kier alpha value is -1.30. The van der Waals surface area contributed by atoms with E-state index in [4.69, 9.17) is 4.74 Å². The van der Waals surface area contributed by atoms with Gasteiger partial charge < -0.3 is 15.0 Å². The zero-order valence-corrected chi connectivity index (χ0v) is 15.2. The van der Waals surface area contributed by atoms with Crippen LogP contribution >= 0.6 is 15.9 Å². The van der Waals surface area contributed by atoms with Crippen molar-refractivity contribution in [3.05, 3.63) is 16.7 Å². The van der Waals surface area contributed by atoms with E-state index in [1.807, 2.05) is 19.9 Å². The third kappa shape index (κ3) is 3.91. The van der Waals surface area contributed by atoms with E-state index in [-0.39, 0.29) is 23.9 Å². The molecule has 1 fully saturated rings. The number of anilines is 1. The van der Waals surface area contributed by atoms with Crippen LogP contribution in [0.5, 0.6) is 5.88 Å². The Morgan fingerprint density at radius 2 is 2.27 bits per heavy atom. The molecule has 1 N–H and O–H groups in total. The van der Waals surface area contributed by atoms with Crippen molar-refractivity contribution in [1.82, 2.24) is 10.3 Å². The van der Waals surface area contributed by atoms with Crippen LogP contribution in [0.15, 0.2) is 16.7 Å². The zero-order chi connectivity index (χ0) is 16.3. The van der Waals surface area contributed by atoms with Crippen LogP contribution in [0, 0.1) is 5.92 Å². The molecule has 2 atom stereocenters. The number of methoxy groups -OCH3 is 1. The van der Waals surface area contributed by atoms with Gasteiger partial charge in [0.2, 0.25) is 11.8 Å². The molecule has 1 aromatic heterocycles. The van der Waals surface area contributed by atoms with Crippen LogP contribution in [0.3, 0.4) is 0 Å². The number of pyridine rings is 1. The first-order chi connectivity index (χ1) is 10.4.